The molecule has 1 N–H and O–H groups in total. The third kappa shape index (κ3) is 5.76. The summed E-state index contributed by atoms with van der Waals surface area (Å²) < 4.78 is 6.04. The minimum absolute atomic E-state index is 0.160. The average Bonchev–Trinajstić information content (AvgIpc) is 2.61. The number of hydrazone groups is 1. The molecule has 0 saturated heterocycles. The van der Waals surface area contributed by atoms with E-state index in [4.69, 9.17) is 16.3 Å². The standard InChI is InChI=1S/C18H18BrClN2O2S/c1-11(13-4-9-17(24-3)16(19)10-13)21-22-18(23)12(2)25-15-7-5-14(20)6-8-15/h4-10,12H,1-3H3,(H,22,23). The van der Waals surface area contributed by atoms with Crippen LogP contribution in [0.1, 0.15) is 19.4 Å². The van der Waals surface area contributed by atoms with E-state index in [0.29, 0.717) is 10.7 Å². The van der Waals surface area contributed by atoms with Gasteiger partial charge in [-0.2, -0.15) is 5.10 Å². The number of thioether (sulfide) groups is 1. The lowest BCUT2D eigenvalue weighted by Crippen LogP contribution is -2.27. The lowest BCUT2D eigenvalue weighted by atomic mass is 10.1. The van der Waals surface area contributed by atoms with Crippen LogP contribution in [0, 0.1) is 0 Å². The van der Waals surface area contributed by atoms with Crippen LogP contribution >= 0.6 is 39.3 Å². The van der Waals surface area contributed by atoms with E-state index in [1.54, 1.807) is 19.2 Å². The van der Waals surface area contributed by atoms with E-state index in [1.165, 1.54) is 11.8 Å². The number of carbonyl (C=O) groups excluding carboxylic acids is 1. The predicted octanol–water partition coefficient (Wildman–Crippen LogP) is 5.13. The molecule has 0 radical (unpaired) electrons. The zero-order valence-electron chi connectivity index (χ0n) is 14.0. The van der Waals surface area contributed by atoms with Gasteiger partial charge in [-0.25, -0.2) is 5.43 Å². The molecule has 7 heteroatoms. The van der Waals surface area contributed by atoms with Crippen molar-refractivity contribution in [3.63, 3.8) is 0 Å². The number of methoxy groups -OCH3 is 1. The molecule has 0 spiro atoms. The van der Waals surface area contributed by atoms with Gasteiger partial charge in [-0.15, -0.1) is 11.8 Å². The van der Waals surface area contributed by atoms with Crippen LogP contribution in [0.5, 0.6) is 5.75 Å². The van der Waals surface area contributed by atoms with Crippen molar-refractivity contribution in [3.8, 4) is 5.75 Å². The summed E-state index contributed by atoms with van der Waals surface area (Å²) in [6.07, 6.45) is 0. The molecule has 1 unspecified atom stereocenters. The second-order valence-corrected chi connectivity index (χ2v) is 7.94. The van der Waals surface area contributed by atoms with Gasteiger partial charge in [0.2, 0.25) is 0 Å². The van der Waals surface area contributed by atoms with Gasteiger partial charge in [0.05, 0.1) is 22.5 Å². The zero-order chi connectivity index (χ0) is 18.4. The Morgan fingerprint density at radius 2 is 1.96 bits per heavy atom. The highest BCUT2D eigenvalue weighted by Crippen LogP contribution is 2.26. The molecule has 0 saturated carbocycles. The SMILES string of the molecule is COc1ccc(C(C)=NNC(=O)C(C)Sc2ccc(Cl)cc2)cc1Br. The highest BCUT2D eigenvalue weighted by Gasteiger charge is 2.14. The normalized spacial score (nSPS) is 12.6. The molecule has 0 heterocycles. The minimum Gasteiger partial charge on any atom is -0.496 e. The molecule has 2 aromatic rings. The van der Waals surface area contributed by atoms with Crippen LogP contribution in [-0.2, 0) is 4.79 Å². The number of nitrogens with one attached hydrogen (secondary N) is 1. The van der Waals surface area contributed by atoms with Crippen molar-refractivity contribution < 1.29 is 9.53 Å². The maximum Gasteiger partial charge on any atom is 0.253 e. The summed E-state index contributed by atoms with van der Waals surface area (Å²) in [5, 5.41) is 4.58. The van der Waals surface area contributed by atoms with Gasteiger partial charge in [0.15, 0.2) is 0 Å². The molecule has 4 nitrogen and oxygen atoms in total. The second-order valence-electron chi connectivity index (χ2n) is 5.24. The molecule has 0 fully saturated rings. The maximum atomic E-state index is 12.2. The molecule has 2 rings (SSSR count). The van der Waals surface area contributed by atoms with E-state index >= 15 is 0 Å². The third-order valence-electron chi connectivity index (χ3n) is 3.40. The fourth-order valence-electron chi connectivity index (χ4n) is 1.96. The van der Waals surface area contributed by atoms with Crippen molar-refractivity contribution in [1.82, 2.24) is 5.43 Å². The van der Waals surface area contributed by atoms with Crippen molar-refractivity contribution in [1.29, 1.82) is 0 Å². The molecule has 132 valence electrons. The quantitative estimate of drug-likeness (QED) is 0.384. The van der Waals surface area contributed by atoms with Crippen LogP contribution in [0.4, 0.5) is 0 Å². The van der Waals surface area contributed by atoms with Crippen LogP contribution in [0.3, 0.4) is 0 Å². The number of amides is 1. The Morgan fingerprint density at radius 1 is 1.28 bits per heavy atom. The Kier molecular flexibility index (Phi) is 7.35. The van der Waals surface area contributed by atoms with Crippen LogP contribution < -0.4 is 10.2 Å². The molecule has 2 aromatic carbocycles. The number of benzene rings is 2. The largest absolute Gasteiger partial charge is 0.496 e. The molecule has 0 bridgehead atoms. The van der Waals surface area contributed by atoms with Crippen molar-refractivity contribution >= 4 is 50.9 Å². The smallest absolute Gasteiger partial charge is 0.253 e. The first kappa shape index (κ1) is 19.8. The maximum absolute atomic E-state index is 12.2. The van der Waals surface area contributed by atoms with Gasteiger partial charge in [0.25, 0.3) is 5.91 Å². The first-order valence-corrected chi connectivity index (χ1v) is 9.56. The van der Waals surface area contributed by atoms with Gasteiger partial charge in [-0.1, -0.05) is 11.6 Å². The van der Waals surface area contributed by atoms with Gasteiger partial charge in [-0.3, -0.25) is 4.79 Å². The van der Waals surface area contributed by atoms with E-state index in [9.17, 15) is 4.79 Å². The van der Waals surface area contributed by atoms with E-state index in [0.717, 1.165) is 20.7 Å². The highest BCUT2D eigenvalue weighted by molar-refractivity contribution is 9.10. The average molecular weight is 442 g/mol. The van der Waals surface area contributed by atoms with Gasteiger partial charge < -0.3 is 4.74 Å². The Labute approximate surface area is 165 Å². The topological polar surface area (TPSA) is 50.7 Å². The number of nitrogens with zero attached hydrogens (tertiary/aromatic N) is 1. The minimum atomic E-state index is -0.277. The van der Waals surface area contributed by atoms with E-state index < -0.39 is 0 Å². The van der Waals surface area contributed by atoms with Crippen molar-refractivity contribution in [2.45, 2.75) is 24.0 Å². The monoisotopic (exact) mass is 440 g/mol. The zero-order valence-corrected chi connectivity index (χ0v) is 17.2. The molecular weight excluding hydrogens is 424 g/mol. The van der Waals surface area contributed by atoms with Crippen molar-refractivity contribution in [2.24, 2.45) is 5.10 Å². The van der Waals surface area contributed by atoms with Gasteiger partial charge >= 0.3 is 0 Å². The Morgan fingerprint density at radius 3 is 2.56 bits per heavy atom. The summed E-state index contributed by atoms with van der Waals surface area (Å²) in [7, 11) is 1.61. The second kappa shape index (κ2) is 9.27. The van der Waals surface area contributed by atoms with Crippen LogP contribution in [0.2, 0.25) is 5.02 Å². The fraction of sp³-hybridized carbons (Fsp3) is 0.222. The summed E-state index contributed by atoms with van der Waals surface area (Å²) in [4.78, 5) is 13.2. The molecule has 0 aliphatic heterocycles. The molecule has 25 heavy (non-hydrogen) atoms. The molecule has 0 aliphatic rings. The molecule has 0 aromatic heterocycles. The predicted molar refractivity (Wildman–Crippen MR) is 108 cm³/mol. The fourth-order valence-corrected chi connectivity index (χ4v) is 3.48. The first-order valence-electron chi connectivity index (χ1n) is 7.51. The summed E-state index contributed by atoms with van der Waals surface area (Å²) in [6.45, 7) is 3.68. The molecule has 1 atom stereocenters. The molecular formula is C18H18BrClN2O2S. The number of ether oxygens (including phenoxy) is 1. The highest BCUT2D eigenvalue weighted by atomic mass is 79.9. The third-order valence-corrected chi connectivity index (χ3v) is 5.38. The van der Waals surface area contributed by atoms with Gasteiger partial charge in [0, 0.05) is 9.92 Å². The van der Waals surface area contributed by atoms with Gasteiger partial charge in [0.1, 0.15) is 5.75 Å². The number of hydrogen-bond donors (Lipinski definition) is 1. The van der Waals surface area contributed by atoms with Crippen molar-refractivity contribution in [3.05, 3.63) is 57.5 Å². The number of hydrogen-bond acceptors (Lipinski definition) is 4. The van der Waals surface area contributed by atoms with Crippen molar-refractivity contribution in [2.75, 3.05) is 7.11 Å². The van der Waals surface area contributed by atoms with Crippen LogP contribution in [-0.4, -0.2) is 24.0 Å². The van der Waals surface area contributed by atoms with Gasteiger partial charge in [-0.05, 0) is 77.8 Å². The summed E-state index contributed by atoms with van der Waals surface area (Å²) in [6, 6.07) is 13.0. The number of rotatable bonds is 6. The molecule has 0 aliphatic carbocycles. The molecule has 1 amide bonds. The van der Waals surface area contributed by atoms with Crippen LogP contribution in [0.15, 0.2) is 56.9 Å². The van der Waals surface area contributed by atoms with E-state index in [2.05, 4.69) is 26.5 Å². The Hall–Kier alpha value is -1.50. The van der Waals surface area contributed by atoms with Crippen LogP contribution in [0.25, 0.3) is 0 Å². The lowest BCUT2D eigenvalue weighted by Gasteiger charge is -2.10. The van der Waals surface area contributed by atoms with E-state index in [1.807, 2.05) is 44.2 Å². The summed E-state index contributed by atoms with van der Waals surface area (Å²) >= 11 is 10.8. The summed E-state index contributed by atoms with van der Waals surface area (Å²) in [5.74, 6) is 0.584. The summed E-state index contributed by atoms with van der Waals surface area (Å²) in [5.41, 5.74) is 4.22. The van der Waals surface area contributed by atoms with E-state index in [-0.39, 0.29) is 11.2 Å². The Balaban J connectivity index is 1.98. The lowest BCUT2D eigenvalue weighted by molar-refractivity contribution is -0.120. The first-order chi connectivity index (χ1) is 11.9. The Bertz CT molecular complexity index is 781. The number of carbonyl (C=O) groups is 1. The number of halogens is 2.